The minimum atomic E-state index is 0.0767. The predicted octanol–water partition coefficient (Wildman–Crippen LogP) is 1.37. The highest BCUT2D eigenvalue weighted by atomic mass is 16.5. The number of aryl methyl sites for hydroxylation is 1. The fourth-order valence-corrected chi connectivity index (χ4v) is 3.56. The van der Waals surface area contributed by atoms with E-state index in [1.165, 1.54) is 0 Å². The SMILES string of the molecule is O=C([C@@H]1CCc2nc[nH]c2C1)N1CCC(Oc2ncccn2)CC1. The Labute approximate surface area is 140 Å². The van der Waals surface area contributed by atoms with E-state index in [0.717, 1.165) is 56.6 Å². The molecule has 2 aliphatic rings. The van der Waals surface area contributed by atoms with Crippen LogP contribution in [0.4, 0.5) is 0 Å². The summed E-state index contributed by atoms with van der Waals surface area (Å²) in [5.41, 5.74) is 2.24. The van der Waals surface area contributed by atoms with Crippen LogP contribution >= 0.6 is 0 Å². The molecule has 7 nitrogen and oxygen atoms in total. The van der Waals surface area contributed by atoms with Crippen LogP contribution in [-0.4, -0.2) is 49.9 Å². The molecule has 2 aromatic rings. The topological polar surface area (TPSA) is 84.0 Å². The van der Waals surface area contributed by atoms with Crippen LogP contribution in [0, 0.1) is 5.92 Å². The molecule has 0 saturated carbocycles. The largest absolute Gasteiger partial charge is 0.460 e. The van der Waals surface area contributed by atoms with Gasteiger partial charge in [0.05, 0.1) is 12.0 Å². The predicted molar refractivity (Wildman–Crippen MR) is 86.4 cm³/mol. The Balaban J connectivity index is 1.30. The number of piperidine rings is 1. The molecule has 24 heavy (non-hydrogen) atoms. The van der Waals surface area contributed by atoms with Crippen molar-refractivity contribution in [2.45, 2.75) is 38.2 Å². The summed E-state index contributed by atoms with van der Waals surface area (Å²) in [5, 5.41) is 0. The molecule has 0 aromatic carbocycles. The van der Waals surface area contributed by atoms with Crippen molar-refractivity contribution < 1.29 is 9.53 Å². The van der Waals surface area contributed by atoms with Gasteiger partial charge in [0.2, 0.25) is 5.91 Å². The van der Waals surface area contributed by atoms with E-state index in [4.69, 9.17) is 4.74 Å². The molecule has 1 atom stereocenters. The van der Waals surface area contributed by atoms with Gasteiger partial charge in [0, 0.05) is 56.4 Å². The van der Waals surface area contributed by atoms with Crippen LogP contribution in [-0.2, 0) is 17.6 Å². The molecule has 0 unspecified atom stereocenters. The first kappa shape index (κ1) is 15.1. The van der Waals surface area contributed by atoms with Gasteiger partial charge in [0.15, 0.2) is 0 Å². The number of carbonyl (C=O) groups excluding carboxylic acids is 1. The van der Waals surface area contributed by atoms with E-state index in [-0.39, 0.29) is 17.9 Å². The number of aromatic amines is 1. The Kier molecular flexibility index (Phi) is 4.15. The quantitative estimate of drug-likeness (QED) is 0.920. The van der Waals surface area contributed by atoms with Crippen molar-refractivity contribution in [1.29, 1.82) is 0 Å². The third-order valence-electron chi connectivity index (χ3n) is 4.90. The van der Waals surface area contributed by atoms with E-state index < -0.39 is 0 Å². The standard InChI is InChI=1S/C17H21N5O2/c23-16(12-2-3-14-15(10-12)21-11-20-14)22-8-4-13(5-9-22)24-17-18-6-1-7-19-17/h1,6-7,11-13H,2-5,8-10H2,(H,20,21)/t12-/m1/s1. The molecule has 0 radical (unpaired) electrons. The van der Waals surface area contributed by atoms with Gasteiger partial charge in [-0.15, -0.1) is 0 Å². The number of carbonyl (C=O) groups is 1. The fourth-order valence-electron chi connectivity index (χ4n) is 3.56. The highest BCUT2D eigenvalue weighted by Gasteiger charge is 2.32. The summed E-state index contributed by atoms with van der Waals surface area (Å²) in [5.74, 6) is 0.345. The Morgan fingerprint density at radius 2 is 1.96 bits per heavy atom. The van der Waals surface area contributed by atoms with E-state index in [0.29, 0.717) is 6.01 Å². The molecular weight excluding hydrogens is 306 g/mol. The highest BCUT2D eigenvalue weighted by Crippen LogP contribution is 2.26. The molecule has 126 valence electrons. The van der Waals surface area contributed by atoms with Crippen LogP contribution in [0.15, 0.2) is 24.8 Å². The number of likely N-dealkylation sites (tertiary alicyclic amines) is 1. The van der Waals surface area contributed by atoms with E-state index in [2.05, 4.69) is 19.9 Å². The van der Waals surface area contributed by atoms with E-state index >= 15 is 0 Å². The van der Waals surface area contributed by atoms with Crippen LogP contribution in [0.25, 0.3) is 0 Å². The number of fused-ring (bicyclic) bond motifs is 1. The third-order valence-corrected chi connectivity index (χ3v) is 4.90. The summed E-state index contributed by atoms with van der Waals surface area (Å²) in [6, 6.07) is 2.19. The fraction of sp³-hybridized carbons (Fsp3) is 0.529. The van der Waals surface area contributed by atoms with Crippen molar-refractivity contribution in [3.8, 4) is 6.01 Å². The number of rotatable bonds is 3. The molecule has 1 amide bonds. The Hall–Kier alpha value is -2.44. The molecule has 1 N–H and O–H groups in total. The molecule has 0 spiro atoms. The summed E-state index contributed by atoms with van der Waals surface area (Å²) in [4.78, 5) is 30.4. The first-order valence-electron chi connectivity index (χ1n) is 8.53. The molecule has 2 aromatic heterocycles. The number of ether oxygens (including phenoxy) is 1. The molecule has 1 saturated heterocycles. The van der Waals surface area contributed by atoms with Gasteiger partial charge in [-0.05, 0) is 18.9 Å². The zero-order valence-electron chi connectivity index (χ0n) is 13.5. The maximum Gasteiger partial charge on any atom is 0.316 e. The van der Waals surface area contributed by atoms with Crippen molar-refractivity contribution >= 4 is 5.91 Å². The van der Waals surface area contributed by atoms with Gasteiger partial charge in [-0.3, -0.25) is 4.79 Å². The average Bonchev–Trinajstić information content (AvgIpc) is 3.10. The van der Waals surface area contributed by atoms with Crippen molar-refractivity contribution in [3.05, 3.63) is 36.2 Å². The summed E-state index contributed by atoms with van der Waals surface area (Å²) in [7, 11) is 0. The maximum absolute atomic E-state index is 12.8. The number of nitrogens with zero attached hydrogens (tertiary/aromatic N) is 4. The summed E-state index contributed by atoms with van der Waals surface area (Å²) in [6.45, 7) is 1.48. The zero-order valence-corrected chi connectivity index (χ0v) is 13.5. The first-order valence-corrected chi connectivity index (χ1v) is 8.53. The number of aromatic nitrogens is 4. The number of H-pyrrole nitrogens is 1. The van der Waals surface area contributed by atoms with Gasteiger partial charge in [0.1, 0.15) is 6.10 Å². The molecule has 7 heteroatoms. The zero-order chi connectivity index (χ0) is 16.4. The summed E-state index contributed by atoms with van der Waals surface area (Å²) in [6.07, 6.45) is 9.38. The maximum atomic E-state index is 12.8. The van der Waals surface area contributed by atoms with Gasteiger partial charge in [-0.2, -0.15) is 0 Å². The van der Waals surface area contributed by atoms with Crippen LogP contribution < -0.4 is 4.74 Å². The Morgan fingerprint density at radius 1 is 1.17 bits per heavy atom. The number of imidazole rings is 1. The minimum Gasteiger partial charge on any atom is -0.460 e. The molecule has 1 aliphatic carbocycles. The van der Waals surface area contributed by atoms with Gasteiger partial charge >= 0.3 is 6.01 Å². The summed E-state index contributed by atoms with van der Waals surface area (Å²) < 4.78 is 5.79. The van der Waals surface area contributed by atoms with Crippen LogP contribution in [0.2, 0.25) is 0 Å². The van der Waals surface area contributed by atoms with Crippen LogP contribution in [0.1, 0.15) is 30.7 Å². The third kappa shape index (κ3) is 3.11. The molecule has 1 aliphatic heterocycles. The van der Waals surface area contributed by atoms with Crippen molar-refractivity contribution in [2.75, 3.05) is 13.1 Å². The smallest absolute Gasteiger partial charge is 0.316 e. The molecule has 1 fully saturated rings. The lowest BCUT2D eigenvalue weighted by Gasteiger charge is -2.34. The minimum absolute atomic E-state index is 0.0767. The Morgan fingerprint density at radius 3 is 2.75 bits per heavy atom. The number of amides is 1. The second-order valence-electron chi connectivity index (χ2n) is 6.44. The average molecular weight is 327 g/mol. The van der Waals surface area contributed by atoms with Crippen LogP contribution in [0.5, 0.6) is 6.01 Å². The monoisotopic (exact) mass is 327 g/mol. The van der Waals surface area contributed by atoms with Crippen LogP contribution in [0.3, 0.4) is 0 Å². The molecule has 3 heterocycles. The van der Waals surface area contributed by atoms with E-state index in [9.17, 15) is 4.79 Å². The Bertz CT molecular complexity index is 694. The van der Waals surface area contributed by atoms with Crippen molar-refractivity contribution in [1.82, 2.24) is 24.8 Å². The first-order chi connectivity index (χ1) is 11.8. The van der Waals surface area contributed by atoms with Crippen molar-refractivity contribution in [2.24, 2.45) is 5.92 Å². The molecule has 4 rings (SSSR count). The van der Waals surface area contributed by atoms with E-state index in [1.54, 1.807) is 24.8 Å². The highest BCUT2D eigenvalue weighted by molar-refractivity contribution is 5.79. The normalized spacial score (nSPS) is 21.3. The van der Waals surface area contributed by atoms with Gasteiger partial charge in [-0.25, -0.2) is 15.0 Å². The number of hydrogen-bond donors (Lipinski definition) is 1. The lowest BCUT2D eigenvalue weighted by molar-refractivity contribution is -0.137. The van der Waals surface area contributed by atoms with E-state index in [1.807, 2.05) is 4.90 Å². The lowest BCUT2D eigenvalue weighted by Crippen LogP contribution is -2.45. The molecular formula is C17H21N5O2. The van der Waals surface area contributed by atoms with Crippen molar-refractivity contribution in [3.63, 3.8) is 0 Å². The lowest BCUT2D eigenvalue weighted by atomic mass is 9.88. The van der Waals surface area contributed by atoms with Gasteiger partial charge in [-0.1, -0.05) is 0 Å². The van der Waals surface area contributed by atoms with Gasteiger partial charge in [0.25, 0.3) is 0 Å². The number of nitrogens with one attached hydrogen (secondary N) is 1. The van der Waals surface area contributed by atoms with Gasteiger partial charge < -0.3 is 14.6 Å². The molecule has 0 bridgehead atoms. The second kappa shape index (κ2) is 6.59. The second-order valence-corrected chi connectivity index (χ2v) is 6.44. The number of hydrogen-bond acceptors (Lipinski definition) is 5. The summed E-state index contributed by atoms with van der Waals surface area (Å²) >= 11 is 0.